The molecule has 0 saturated heterocycles. The standard InChI is InChI=1S/C12H15F2NO2/c1-7(15)11(16)10-8(12(2,13)14)5-4-6-9(10)17-3/h4-7H,15H2,1-3H3. The number of halogens is 2. The van der Waals surface area contributed by atoms with Gasteiger partial charge in [-0.15, -0.1) is 0 Å². The lowest BCUT2D eigenvalue weighted by Crippen LogP contribution is -2.29. The summed E-state index contributed by atoms with van der Waals surface area (Å²) in [6.45, 7) is 2.19. The quantitative estimate of drug-likeness (QED) is 0.826. The molecule has 0 bridgehead atoms. The van der Waals surface area contributed by atoms with Gasteiger partial charge in [0.2, 0.25) is 0 Å². The molecule has 0 fully saturated rings. The molecule has 3 nitrogen and oxygen atoms in total. The molecule has 1 rings (SSSR count). The first-order chi connectivity index (χ1) is 7.79. The average molecular weight is 243 g/mol. The van der Waals surface area contributed by atoms with Gasteiger partial charge in [-0.1, -0.05) is 12.1 Å². The number of Topliss-reactive ketones (excluding diaryl/α,β-unsaturated/α-hetero) is 1. The number of hydrogen-bond donors (Lipinski definition) is 1. The zero-order valence-corrected chi connectivity index (χ0v) is 9.96. The summed E-state index contributed by atoms with van der Waals surface area (Å²) in [5, 5.41) is 0. The zero-order chi connectivity index (χ0) is 13.2. The van der Waals surface area contributed by atoms with Crippen molar-refractivity contribution in [2.24, 2.45) is 5.73 Å². The van der Waals surface area contributed by atoms with Crippen LogP contribution in [0.1, 0.15) is 29.8 Å². The van der Waals surface area contributed by atoms with E-state index in [-0.39, 0.29) is 16.9 Å². The first-order valence-corrected chi connectivity index (χ1v) is 5.14. The van der Waals surface area contributed by atoms with E-state index in [9.17, 15) is 13.6 Å². The number of carbonyl (C=O) groups is 1. The lowest BCUT2D eigenvalue weighted by Gasteiger charge is -2.18. The first-order valence-electron chi connectivity index (χ1n) is 5.14. The fraction of sp³-hybridized carbons (Fsp3) is 0.417. The van der Waals surface area contributed by atoms with Crippen molar-refractivity contribution in [3.05, 3.63) is 29.3 Å². The van der Waals surface area contributed by atoms with Crippen LogP contribution in [0.25, 0.3) is 0 Å². The third-order valence-electron chi connectivity index (χ3n) is 2.38. The monoisotopic (exact) mass is 243 g/mol. The summed E-state index contributed by atoms with van der Waals surface area (Å²) < 4.78 is 31.8. The lowest BCUT2D eigenvalue weighted by molar-refractivity contribution is 0.0161. The molecule has 1 unspecified atom stereocenters. The molecule has 2 N–H and O–H groups in total. The third-order valence-corrected chi connectivity index (χ3v) is 2.38. The fourth-order valence-electron chi connectivity index (χ4n) is 1.55. The van der Waals surface area contributed by atoms with E-state index in [0.717, 1.165) is 6.92 Å². The highest BCUT2D eigenvalue weighted by Gasteiger charge is 2.32. The second kappa shape index (κ2) is 4.79. The van der Waals surface area contributed by atoms with Gasteiger partial charge in [-0.3, -0.25) is 4.79 Å². The second-order valence-corrected chi connectivity index (χ2v) is 3.92. The maximum absolute atomic E-state index is 13.4. The number of benzene rings is 1. The van der Waals surface area contributed by atoms with Gasteiger partial charge < -0.3 is 10.5 Å². The third kappa shape index (κ3) is 2.79. The molecule has 0 aliphatic rings. The van der Waals surface area contributed by atoms with Gasteiger partial charge in [-0.05, 0) is 13.0 Å². The Kier molecular flexibility index (Phi) is 3.83. The van der Waals surface area contributed by atoms with Crippen LogP contribution >= 0.6 is 0 Å². The second-order valence-electron chi connectivity index (χ2n) is 3.92. The van der Waals surface area contributed by atoms with Crippen LogP contribution < -0.4 is 10.5 Å². The van der Waals surface area contributed by atoms with Gasteiger partial charge in [-0.2, -0.15) is 0 Å². The van der Waals surface area contributed by atoms with Gasteiger partial charge in [0.1, 0.15) is 5.75 Å². The minimum absolute atomic E-state index is 0.117. The minimum Gasteiger partial charge on any atom is -0.496 e. The molecule has 0 radical (unpaired) electrons. The van der Waals surface area contributed by atoms with Crippen LogP contribution in [0.4, 0.5) is 8.78 Å². The molecule has 1 atom stereocenters. The Bertz CT molecular complexity index is 425. The number of ether oxygens (including phenoxy) is 1. The van der Waals surface area contributed by atoms with Crippen LogP contribution in [-0.4, -0.2) is 18.9 Å². The molecule has 94 valence electrons. The Balaban J connectivity index is 3.47. The Morgan fingerprint density at radius 1 is 1.47 bits per heavy atom. The van der Waals surface area contributed by atoms with Crippen molar-refractivity contribution in [3.8, 4) is 5.75 Å². The van der Waals surface area contributed by atoms with E-state index < -0.39 is 17.7 Å². The molecule has 5 heteroatoms. The number of nitrogens with two attached hydrogens (primary N) is 1. The van der Waals surface area contributed by atoms with Gasteiger partial charge in [0.25, 0.3) is 5.92 Å². The van der Waals surface area contributed by atoms with Gasteiger partial charge in [0, 0.05) is 12.5 Å². The molecular formula is C12H15F2NO2. The van der Waals surface area contributed by atoms with Gasteiger partial charge in [0.05, 0.1) is 18.7 Å². The molecule has 0 aliphatic heterocycles. The SMILES string of the molecule is COc1cccc(C(C)(F)F)c1C(=O)C(C)N. The summed E-state index contributed by atoms with van der Waals surface area (Å²) >= 11 is 0. The average Bonchev–Trinajstić information content (AvgIpc) is 2.25. The summed E-state index contributed by atoms with van der Waals surface area (Å²) in [5.41, 5.74) is 4.95. The Morgan fingerprint density at radius 3 is 2.47 bits per heavy atom. The normalized spacial score (nSPS) is 13.3. The predicted molar refractivity (Wildman–Crippen MR) is 60.5 cm³/mol. The summed E-state index contributed by atoms with van der Waals surface area (Å²) in [6.07, 6.45) is 0. The molecule has 17 heavy (non-hydrogen) atoms. The van der Waals surface area contributed by atoms with E-state index >= 15 is 0 Å². The minimum atomic E-state index is -3.12. The number of carbonyl (C=O) groups excluding carboxylic acids is 1. The molecule has 0 aromatic heterocycles. The van der Waals surface area contributed by atoms with Crippen molar-refractivity contribution in [2.75, 3.05) is 7.11 Å². The molecule has 0 saturated carbocycles. The van der Waals surface area contributed by atoms with Crippen molar-refractivity contribution >= 4 is 5.78 Å². The van der Waals surface area contributed by atoms with Crippen molar-refractivity contribution in [1.82, 2.24) is 0 Å². The van der Waals surface area contributed by atoms with Crippen molar-refractivity contribution in [1.29, 1.82) is 0 Å². The molecule has 1 aromatic rings. The van der Waals surface area contributed by atoms with Crippen LogP contribution in [0, 0.1) is 0 Å². The number of ketones is 1. The van der Waals surface area contributed by atoms with Crippen LogP contribution in [0.5, 0.6) is 5.75 Å². The number of alkyl halides is 2. The lowest BCUT2D eigenvalue weighted by atomic mass is 9.95. The summed E-state index contributed by atoms with van der Waals surface area (Å²) in [4.78, 5) is 11.9. The summed E-state index contributed by atoms with van der Waals surface area (Å²) in [6, 6.07) is 3.24. The van der Waals surface area contributed by atoms with E-state index in [4.69, 9.17) is 10.5 Å². The summed E-state index contributed by atoms with van der Waals surface area (Å²) in [7, 11) is 1.32. The van der Waals surface area contributed by atoms with Crippen LogP contribution in [0.2, 0.25) is 0 Å². The van der Waals surface area contributed by atoms with Gasteiger partial charge in [0.15, 0.2) is 5.78 Å². The number of methoxy groups -OCH3 is 1. The predicted octanol–water partition coefficient (Wildman–Crippen LogP) is 2.34. The largest absolute Gasteiger partial charge is 0.496 e. The number of hydrogen-bond acceptors (Lipinski definition) is 3. The molecule has 0 amide bonds. The molecule has 0 heterocycles. The number of rotatable bonds is 4. The Morgan fingerprint density at radius 2 is 2.06 bits per heavy atom. The van der Waals surface area contributed by atoms with Crippen LogP contribution in [0.3, 0.4) is 0 Å². The maximum atomic E-state index is 13.4. The van der Waals surface area contributed by atoms with E-state index in [0.29, 0.717) is 0 Å². The van der Waals surface area contributed by atoms with Crippen molar-refractivity contribution in [2.45, 2.75) is 25.8 Å². The Labute approximate surface area is 98.6 Å². The topological polar surface area (TPSA) is 52.3 Å². The van der Waals surface area contributed by atoms with E-state index in [2.05, 4.69) is 0 Å². The molecule has 1 aromatic carbocycles. The van der Waals surface area contributed by atoms with Gasteiger partial charge in [-0.25, -0.2) is 8.78 Å². The van der Waals surface area contributed by atoms with E-state index in [1.807, 2.05) is 0 Å². The van der Waals surface area contributed by atoms with Crippen molar-refractivity contribution in [3.63, 3.8) is 0 Å². The van der Waals surface area contributed by atoms with E-state index in [1.54, 1.807) is 0 Å². The molecule has 0 aliphatic carbocycles. The van der Waals surface area contributed by atoms with Crippen molar-refractivity contribution < 1.29 is 18.3 Å². The highest BCUT2D eigenvalue weighted by atomic mass is 19.3. The highest BCUT2D eigenvalue weighted by Crippen LogP contribution is 2.34. The molecule has 0 spiro atoms. The first kappa shape index (κ1) is 13.6. The smallest absolute Gasteiger partial charge is 0.271 e. The molecular weight excluding hydrogens is 228 g/mol. The highest BCUT2D eigenvalue weighted by molar-refractivity contribution is 6.03. The summed E-state index contributed by atoms with van der Waals surface area (Å²) in [5.74, 6) is -3.56. The van der Waals surface area contributed by atoms with Crippen LogP contribution in [-0.2, 0) is 5.92 Å². The zero-order valence-electron chi connectivity index (χ0n) is 9.96. The van der Waals surface area contributed by atoms with E-state index in [1.165, 1.54) is 32.2 Å². The fourth-order valence-corrected chi connectivity index (χ4v) is 1.55. The van der Waals surface area contributed by atoms with Crippen LogP contribution in [0.15, 0.2) is 18.2 Å². The Hall–Kier alpha value is -1.49. The maximum Gasteiger partial charge on any atom is 0.271 e. The van der Waals surface area contributed by atoms with Gasteiger partial charge >= 0.3 is 0 Å².